The van der Waals surface area contributed by atoms with Crippen molar-refractivity contribution in [1.29, 1.82) is 0 Å². The predicted molar refractivity (Wildman–Crippen MR) is 407 cm³/mol. The van der Waals surface area contributed by atoms with Crippen LogP contribution in [0.15, 0.2) is 97.1 Å². The highest BCUT2D eigenvalue weighted by molar-refractivity contribution is 6.43. The molecule has 0 saturated carbocycles. The van der Waals surface area contributed by atoms with E-state index in [-0.39, 0.29) is 11.1 Å². The maximum absolute atomic E-state index is 13.3. The van der Waals surface area contributed by atoms with Crippen molar-refractivity contribution < 1.29 is 107 Å². The van der Waals surface area contributed by atoms with Gasteiger partial charge in [-0.05, 0) is 109 Å². The predicted octanol–water partition coefficient (Wildman–Crippen LogP) is -11.6. The van der Waals surface area contributed by atoms with Crippen LogP contribution in [0.25, 0.3) is 22.3 Å². The topological polar surface area (TPSA) is 745 Å². The number of hydrogen-bond acceptors (Lipinski definition) is 28. The molecule has 4 aromatic rings. The lowest BCUT2D eigenvalue weighted by Crippen LogP contribution is -2.63. The number of hydrogen-bond donors (Lipinski definition) is 26. The summed E-state index contributed by atoms with van der Waals surface area (Å²) >= 11 is 0. The number of aliphatic hydroxyl groups excluding tert-OH is 3. The van der Waals surface area contributed by atoms with Crippen molar-refractivity contribution in [2.75, 3.05) is 33.8 Å². The van der Waals surface area contributed by atoms with E-state index in [1.165, 1.54) is 12.1 Å². The first-order chi connectivity index (χ1) is 53.4. The number of benzene rings is 4. The number of carbonyl (C=O) groups excluding carboxylic acids is 15. The van der Waals surface area contributed by atoms with Crippen LogP contribution in [-0.4, -0.2) is 261 Å². The Hall–Kier alpha value is -11.5. The number of nitrogens with two attached hydrogens (primary N) is 8. The highest BCUT2D eigenvalue weighted by Crippen LogP contribution is 2.27. The number of nitrogens with one attached hydrogen (secondary N) is 11. The molecule has 34 N–H and O–H groups in total. The first-order valence-corrected chi connectivity index (χ1v) is 35.4. The van der Waals surface area contributed by atoms with Crippen LogP contribution in [0.4, 0.5) is 0 Å². The zero-order valence-corrected chi connectivity index (χ0v) is 63.2. The first-order valence-electron chi connectivity index (χ1n) is 35.4. The zero-order chi connectivity index (χ0) is 85.7. The third-order valence-corrected chi connectivity index (χ3v) is 18.0. The van der Waals surface area contributed by atoms with Crippen molar-refractivity contribution in [3.8, 4) is 22.3 Å². The summed E-state index contributed by atoms with van der Waals surface area (Å²) < 4.78 is 0. The second-order valence-electron chi connectivity index (χ2n) is 26.9. The molecule has 0 aliphatic heterocycles. The Morgan fingerprint density at radius 2 is 0.667 bits per heavy atom. The molecule has 0 radical (unpaired) electrons. The summed E-state index contributed by atoms with van der Waals surface area (Å²) in [5.74, 6) is -15.3. The van der Waals surface area contributed by atoms with Crippen LogP contribution in [0, 0.1) is 11.8 Å². The monoisotopic (exact) mass is 1600 g/mol. The van der Waals surface area contributed by atoms with E-state index in [1.807, 2.05) is 69.8 Å². The van der Waals surface area contributed by atoms with Gasteiger partial charge in [-0.2, -0.15) is 0 Å². The largest absolute Gasteiger partial charge is 0.490 e. The fourth-order valence-electron chi connectivity index (χ4n) is 10.9. The summed E-state index contributed by atoms with van der Waals surface area (Å²) in [6, 6.07) is 16.9. The molecule has 0 aliphatic rings. The molecule has 620 valence electrons. The third-order valence-electron chi connectivity index (χ3n) is 18.0. The summed E-state index contributed by atoms with van der Waals surface area (Å²) in [5.41, 5.74) is 50.3. The Bertz CT molecular complexity index is 4020. The van der Waals surface area contributed by atoms with E-state index < -0.39 is 215 Å². The summed E-state index contributed by atoms with van der Waals surface area (Å²) in [4.78, 5) is 193. The standard InChI is InChI=1S/C69H101B2N21O22/c1-32(33(2)8-10-37-13-17-39(18-14-37)41-21-25-43(26-22-41)58(101)85-53(74)64(107)80-29-49(98)91(5)51(34(3)94)62(105)87-55(76)66(109)82-44(27-47(72)96)59(102)89-68(78)70(111)112)7-9-36-11-15-38(16-12-36)40-19-23-42(24-20-40)57(100)84-46(31-93)61(104)86-54(75)65(108)81-30-50(99)92(6)52(35(4)95)63(106)88-56(77)67(110)83-45(28-48(73)97)60(103)90-69(79)71(113)114/h11-26,32-35,44-46,51-56,68-69,93-95,111-114H,7-10,27-31,74-79H2,1-6H3,(H2,72,96)(H2,73,97)(H,80,107)(H,81,108)(H,82,109)(H,83,110)(H,84,100)(H,85,101)(H,86,104)(H,87,105)(H,88,106)(H,89,102)(H,90,103)/t32?,33?,34?,35?,44-,45-,46+,51-,52-,53-,54-,55+,56+,68+,69+/m0/s1. The molecule has 15 atom stereocenters. The number of aryl methyl sites for hydroxylation is 2. The summed E-state index contributed by atoms with van der Waals surface area (Å²) in [5, 5.41) is 90.8. The van der Waals surface area contributed by atoms with Gasteiger partial charge in [-0.1, -0.05) is 86.6 Å². The number of rotatable bonds is 44. The molecule has 45 heteroatoms. The van der Waals surface area contributed by atoms with E-state index in [9.17, 15) is 87.2 Å². The maximum Gasteiger partial charge on any atom is 0.490 e. The molecular weight excluding hydrogens is 1500 g/mol. The Kier molecular flexibility index (Phi) is 37.7. The summed E-state index contributed by atoms with van der Waals surface area (Å²) in [7, 11) is -2.30. The molecule has 15 amide bonds. The molecule has 4 rings (SSSR count). The molecule has 0 saturated heterocycles. The van der Waals surface area contributed by atoms with Crippen molar-refractivity contribution in [3.63, 3.8) is 0 Å². The van der Waals surface area contributed by atoms with Gasteiger partial charge in [-0.15, -0.1) is 0 Å². The van der Waals surface area contributed by atoms with Crippen molar-refractivity contribution in [2.45, 2.75) is 145 Å². The SMILES string of the molecule is CC(CCc1ccc(-c2ccc(C(=O)N[C@H](N)C(=O)NCC(=O)N(C)[C@H](C(=O)N[C@@H](N)C(=O)N[C@@H](CC(N)=O)C(=O)N[C@@H](N)B(O)O)C(C)O)cc2)cc1)C(C)CCc1ccc(-c2ccc(C(=O)N[C@H](CO)C(=O)N[C@H](N)C(=O)NCC(=O)N(C)[C@H](C(=O)N[C@@H](N)C(=O)N[C@@H](CC(N)=O)C(=O)N[C@@H](N)B(O)O)C(C)O)cc2)cc1. The zero-order valence-electron chi connectivity index (χ0n) is 63.2. The summed E-state index contributed by atoms with van der Waals surface area (Å²) in [6.45, 7) is 4.10. The minimum atomic E-state index is -2.23. The van der Waals surface area contributed by atoms with Crippen LogP contribution in [-0.2, 0) is 75.2 Å². The van der Waals surface area contributed by atoms with Crippen LogP contribution in [0.1, 0.15) is 85.2 Å². The molecular formula is C69H101B2N21O22. The number of nitrogens with zero attached hydrogens (tertiary/aromatic N) is 2. The van der Waals surface area contributed by atoms with Gasteiger partial charge < -0.3 is 150 Å². The highest BCUT2D eigenvalue weighted by Gasteiger charge is 2.38. The van der Waals surface area contributed by atoms with Gasteiger partial charge in [0, 0.05) is 25.2 Å². The normalized spacial score (nSPS) is 15.0. The first kappa shape index (κ1) is 94.9. The van der Waals surface area contributed by atoms with Crippen LogP contribution in [0.3, 0.4) is 0 Å². The highest BCUT2D eigenvalue weighted by atomic mass is 16.4. The molecule has 0 bridgehead atoms. The third kappa shape index (κ3) is 29.9. The molecule has 4 aromatic carbocycles. The molecule has 0 spiro atoms. The molecule has 0 fully saturated rings. The fraction of sp³-hybridized carbons (Fsp3) is 0.435. The Labute approximate surface area is 654 Å². The molecule has 0 heterocycles. The Morgan fingerprint density at radius 3 is 0.974 bits per heavy atom. The van der Waals surface area contributed by atoms with Gasteiger partial charge in [-0.25, -0.2) is 0 Å². The van der Waals surface area contributed by atoms with Gasteiger partial charge in [-0.3, -0.25) is 71.9 Å². The van der Waals surface area contributed by atoms with E-state index in [4.69, 9.17) is 66.0 Å². The minimum Gasteiger partial charge on any atom is -0.425 e. The van der Waals surface area contributed by atoms with Gasteiger partial charge in [0.2, 0.25) is 53.2 Å². The number of primary amides is 2. The second kappa shape index (κ2) is 45.3. The fourth-order valence-corrected chi connectivity index (χ4v) is 10.9. The number of carbonyl (C=O) groups is 15. The average Bonchev–Trinajstić information content (AvgIpc) is 0.717. The lowest BCUT2D eigenvalue weighted by molar-refractivity contribution is -0.144. The smallest absolute Gasteiger partial charge is 0.425 e. The van der Waals surface area contributed by atoms with Gasteiger partial charge in [0.05, 0.1) is 44.7 Å². The van der Waals surface area contributed by atoms with Crippen LogP contribution < -0.4 is 104 Å². The average molecular weight is 1600 g/mol. The van der Waals surface area contributed by atoms with Gasteiger partial charge in [0.1, 0.15) is 42.3 Å². The molecule has 43 nitrogen and oxygen atoms in total. The number of amides is 15. The van der Waals surface area contributed by atoms with Crippen LogP contribution in [0.5, 0.6) is 0 Å². The lowest BCUT2D eigenvalue weighted by atomic mass is 9.86. The van der Waals surface area contributed by atoms with Gasteiger partial charge >= 0.3 is 14.2 Å². The number of aliphatic hydroxyl groups is 3. The van der Waals surface area contributed by atoms with E-state index >= 15 is 0 Å². The van der Waals surface area contributed by atoms with Gasteiger partial charge in [0.15, 0.2) is 24.7 Å². The van der Waals surface area contributed by atoms with Gasteiger partial charge in [0.25, 0.3) is 35.4 Å². The molecule has 0 aromatic heterocycles. The minimum absolute atomic E-state index is 0.122. The van der Waals surface area contributed by atoms with E-state index in [0.717, 1.165) is 91.9 Å². The van der Waals surface area contributed by atoms with E-state index in [1.54, 1.807) is 36.4 Å². The van der Waals surface area contributed by atoms with Crippen LogP contribution >= 0.6 is 0 Å². The Balaban J connectivity index is 1.19. The van der Waals surface area contributed by atoms with E-state index in [2.05, 4.69) is 51.1 Å². The van der Waals surface area contributed by atoms with Crippen molar-refractivity contribution in [1.82, 2.24) is 68.3 Å². The van der Waals surface area contributed by atoms with Crippen molar-refractivity contribution in [3.05, 3.63) is 119 Å². The van der Waals surface area contributed by atoms with Crippen molar-refractivity contribution >= 4 is 103 Å². The maximum atomic E-state index is 13.3. The summed E-state index contributed by atoms with van der Waals surface area (Å²) in [6.07, 6.45) is -8.78. The van der Waals surface area contributed by atoms with E-state index in [0.29, 0.717) is 16.7 Å². The molecule has 4 unspecified atom stereocenters. The number of likely N-dealkylation sites (N-methyl/N-ethyl adjacent to an activating group) is 2. The van der Waals surface area contributed by atoms with Crippen LogP contribution in [0.2, 0.25) is 0 Å². The Morgan fingerprint density at radius 1 is 0.377 bits per heavy atom. The van der Waals surface area contributed by atoms with Crippen molar-refractivity contribution in [2.24, 2.45) is 57.7 Å². The lowest BCUT2D eigenvalue weighted by Gasteiger charge is -2.30. The second-order valence-corrected chi connectivity index (χ2v) is 26.9. The molecule has 114 heavy (non-hydrogen) atoms. The quantitative estimate of drug-likeness (QED) is 0.0144. The molecule has 0 aliphatic carbocycles.